The molecule has 0 heterocycles. The van der Waals surface area contributed by atoms with E-state index in [1.807, 2.05) is 0 Å². The third-order valence-corrected chi connectivity index (χ3v) is 4.64. The predicted octanol–water partition coefficient (Wildman–Crippen LogP) is 4.04. The minimum Gasteiger partial charge on any atom is -0.512 e. The molecule has 0 bridgehead atoms. The maximum Gasteiger partial charge on any atom is 0.163 e. The lowest BCUT2D eigenvalue weighted by molar-refractivity contribution is -0.117. The summed E-state index contributed by atoms with van der Waals surface area (Å²) >= 11 is 0. The van der Waals surface area contributed by atoms with E-state index in [1.165, 1.54) is 24.3 Å². The fraction of sp³-hybridized carbons (Fsp3) is 0.368. The van der Waals surface area contributed by atoms with Crippen LogP contribution in [0.5, 0.6) is 0 Å². The van der Waals surface area contributed by atoms with Crippen LogP contribution in [-0.2, 0) is 9.59 Å². The monoisotopic (exact) mass is 330 g/mol. The second kappa shape index (κ2) is 6.59. The van der Waals surface area contributed by atoms with Gasteiger partial charge in [0.2, 0.25) is 0 Å². The van der Waals surface area contributed by atoms with Crippen LogP contribution in [-0.4, -0.2) is 21.8 Å². The molecule has 0 aliphatic heterocycles. The summed E-state index contributed by atoms with van der Waals surface area (Å²) in [6.45, 7) is 0. The molecule has 0 radical (unpaired) electrons. The Morgan fingerprint density at radius 2 is 1.25 bits per heavy atom. The van der Waals surface area contributed by atoms with Gasteiger partial charge in [-0.05, 0) is 30.5 Å². The fourth-order valence-electron chi connectivity index (χ4n) is 3.48. The summed E-state index contributed by atoms with van der Waals surface area (Å²) in [5.41, 5.74) is 0.833. The number of allylic oxidation sites excluding steroid dienone is 4. The zero-order chi connectivity index (χ0) is 17.3. The molecule has 0 saturated carbocycles. The highest BCUT2D eigenvalue weighted by Gasteiger charge is 2.37. The highest BCUT2D eigenvalue weighted by molar-refractivity contribution is 6.05. The molecule has 1 aromatic rings. The molecule has 0 unspecified atom stereocenters. The van der Waals surface area contributed by atoms with Crippen molar-refractivity contribution < 1.29 is 24.2 Å². The molecular weight excluding hydrogens is 311 g/mol. The summed E-state index contributed by atoms with van der Waals surface area (Å²) in [6, 6.07) is 5.48. The van der Waals surface area contributed by atoms with E-state index >= 15 is 0 Å². The minimum atomic E-state index is -0.841. The number of carbonyl (C=O) groups excluding carboxylic acids is 2. The van der Waals surface area contributed by atoms with Gasteiger partial charge in [-0.1, -0.05) is 12.1 Å². The van der Waals surface area contributed by atoms with Crippen LogP contribution in [0.4, 0.5) is 4.39 Å². The summed E-state index contributed by atoms with van der Waals surface area (Å²) in [5.74, 6) is -1.82. The number of hydrogen-bond acceptors (Lipinski definition) is 4. The molecule has 2 aliphatic carbocycles. The molecule has 2 aliphatic rings. The molecule has 2 N–H and O–H groups in total. The van der Waals surface area contributed by atoms with Gasteiger partial charge in [0.25, 0.3) is 0 Å². The first-order valence-electron chi connectivity index (χ1n) is 8.15. The van der Waals surface area contributed by atoms with Gasteiger partial charge in [-0.15, -0.1) is 0 Å². The van der Waals surface area contributed by atoms with Crippen LogP contribution >= 0.6 is 0 Å². The van der Waals surface area contributed by atoms with E-state index in [2.05, 4.69) is 0 Å². The number of carbonyl (C=O) groups is 2. The van der Waals surface area contributed by atoms with Gasteiger partial charge in [0.15, 0.2) is 11.6 Å². The highest BCUT2D eigenvalue weighted by Crippen LogP contribution is 2.41. The van der Waals surface area contributed by atoms with Crippen molar-refractivity contribution in [2.75, 3.05) is 0 Å². The first kappa shape index (κ1) is 16.4. The number of aliphatic hydroxyl groups excluding tert-OH is 2. The van der Waals surface area contributed by atoms with Crippen LogP contribution in [0, 0.1) is 5.82 Å². The lowest BCUT2D eigenvalue weighted by Crippen LogP contribution is -2.25. The Morgan fingerprint density at radius 1 is 0.792 bits per heavy atom. The molecule has 0 saturated heterocycles. The first-order valence-corrected chi connectivity index (χ1v) is 8.15. The zero-order valence-corrected chi connectivity index (χ0v) is 13.2. The van der Waals surface area contributed by atoms with Crippen molar-refractivity contribution in [2.45, 2.75) is 44.4 Å². The number of benzene rings is 1. The number of Topliss-reactive ketones (excluding diaryl/α,β-unsaturated/α-hetero) is 2. The Hall–Kier alpha value is -2.43. The van der Waals surface area contributed by atoms with Crippen molar-refractivity contribution in [1.29, 1.82) is 0 Å². The van der Waals surface area contributed by atoms with Crippen molar-refractivity contribution >= 4 is 11.6 Å². The van der Waals surface area contributed by atoms with Crippen LogP contribution in [0.2, 0.25) is 0 Å². The Bertz CT molecular complexity index is 701. The van der Waals surface area contributed by atoms with E-state index in [9.17, 15) is 24.2 Å². The molecule has 5 heteroatoms. The van der Waals surface area contributed by atoms with Crippen LogP contribution in [0.15, 0.2) is 46.9 Å². The molecule has 0 aromatic heterocycles. The van der Waals surface area contributed by atoms with Crippen molar-refractivity contribution in [3.05, 3.63) is 58.3 Å². The zero-order valence-electron chi connectivity index (χ0n) is 13.2. The smallest absolute Gasteiger partial charge is 0.163 e. The van der Waals surface area contributed by atoms with E-state index in [4.69, 9.17) is 0 Å². The largest absolute Gasteiger partial charge is 0.512 e. The lowest BCUT2D eigenvalue weighted by Gasteiger charge is -2.28. The van der Waals surface area contributed by atoms with Gasteiger partial charge in [-0.25, -0.2) is 4.39 Å². The Morgan fingerprint density at radius 3 is 1.67 bits per heavy atom. The Labute approximate surface area is 139 Å². The predicted molar refractivity (Wildman–Crippen MR) is 86.2 cm³/mol. The van der Waals surface area contributed by atoms with Crippen LogP contribution in [0.3, 0.4) is 0 Å². The second-order valence-corrected chi connectivity index (χ2v) is 6.26. The van der Waals surface area contributed by atoms with Crippen molar-refractivity contribution in [3.63, 3.8) is 0 Å². The maximum absolute atomic E-state index is 13.3. The standard InChI is InChI=1S/C19H19FO4/c20-12-9-7-11(8-10-12)17(18-13(21)3-1-4-14(18)22)19-15(23)5-2-6-16(19)24/h7-10,17,21,23H,1-6H2. The van der Waals surface area contributed by atoms with Gasteiger partial charge in [-0.3, -0.25) is 9.59 Å². The topological polar surface area (TPSA) is 74.6 Å². The minimum absolute atomic E-state index is 0.0424. The fourth-order valence-corrected chi connectivity index (χ4v) is 3.48. The van der Waals surface area contributed by atoms with Crippen LogP contribution in [0.1, 0.15) is 50.0 Å². The van der Waals surface area contributed by atoms with Crippen molar-refractivity contribution in [3.8, 4) is 0 Å². The summed E-state index contributed by atoms with van der Waals surface area (Å²) in [6.07, 6.45) is 2.42. The quantitative estimate of drug-likeness (QED) is 0.877. The second-order valence-electron chi connectivity index (χ2n) is 6.26. The summed E-state index contributed by atoms with van der Waals surface area (Å²) < 4.78 is 13.3. The molecule has 1 aromatic carbocycles. The number of halogens is 1. The molecule has 0 atom stereocenters. The molecule has 0 amide bonds. The van der Waals surface area contributed by atoms with E-state index in [0.717, 1.165) is 0 Å². The van der Waals surface area contributed by atoms with E-state index in [1.54, 1.807) is 0 Å². The normalized spacial score (nSPS) is 19.4. The number of hydrogen-bond donors (Lipinski definition) is 2. The van der Waals surface area contributed by atoms with Crippen LogP contribution < -0.4 is 0 Å². The molecule has 0 spiro atoms. The van der Waals surface area contributed by atoms with Crippen molar-refractivity contribution in [2.24, 2.45) is 0 Å². The molecule has 0 fully saturated rings. The molecule has 24 heavy (non-hydrogen) atoms. The van der Waals surface area contributed by atoms with Crippen LogP contribution in [0.25, 0.3) is 0 Å². The lowest BCUT2D eigenvalue weighted by atomic mass is 9.74. The Kier molecular flexibility index (Phi) is 4.51. The number of rotatable bonds is 3. The van der Waals surface area contributed by atoms with Gasteiger partial charge in [0.1, 0.15) is 5.82 Å². The van der Waals surface area contributed by atoms with Gasteiger partial charge >= 0.3 is 0 Å². The molecular formula is C19H19FO4. The van der Waals surface area contributed by atoms with Gasteiger partial charge in [0, 0.05) is 42.7 Å². The summed E-state index contributed by atoms with van der Waals surface area (Å²) in [5, 5.41) is 20.6. The maximum atomic E-state index is 13.3. The van der Waals surface area contributed by atoms with Gasteiger partial charge in [-0.2, -0.15) is 0 Å². The molecule has 126 valence electrons. The number of ketones is 2. The summed E-state index contributed by atoms with van der Waals surface area (Å²) in [7, 11) is 0. The average Bonchev–Trinajstić information content (AvgIpc) is 2.54. The van der Waals surface area contributed by atoms with E-state index in [0.29, 0.717) is 44.1 Å². The Balaban J connectivity index is 2.20. The van der Waals surface area contributed by atoms with Gasteiger partial charge < -0.3 is 10.2 Å². The van der Waals surface area contributed by atoms with Crippen molar-refractivity contribution in [1.82, 2.24) is 0 Å². The molecule has 4 nitrogen and oxygen atoms in total. The average molecular weight is 330 g/mol. The first-order chi connectivity index (χ1) is 11.5. The van der Waals surface area contributed by atoms with E-state index in [-0.39, 0.29) is 34.2 Å². The van der Waals surface area contributed by atoms with E-state index < -0.39 is 11.7 Å². The SMILES string of the molecule is O=C1CCCC(O)=C1C(C1=C(O)CCCC1=O)c1ccc(F)cc1. The third-order valence-electron chi connectivity index (χ3n) is 4.64. The third kappa shape index (κ3) is 2.98. The number of aliphatic hydroxyl groups is 2. The summed E-state index contributed by atoms with van der Waals surface area (Å²) in [4.78, 5) is 24.9. The molecule has 3 rings (SSSR count). The highest BCUT2D eigenvalue weighted by atomic mass is 19.1. The van der Waals surface area contributed by atoms with Gasteiger partial charge in [0.05, 0.1) is 11.5 Å².